The predicted molar refractivity (Wildman–Crippen MR) is 59.8 cm³/mol. The van der Waals surface area contributed by atoms with Gasteiger partial charge in [-0.2, -0.15) is 0 Å². The van der Waals surface area contributed by atoms with Gasteiger partial charge in [-0.1, -0.05) is 24.8 Å². The van der Waals surface area contributed by atoms with Crippen LogP contribution in [0.4, 0.5) is 0 Å². The van der Waals surface area contributed by atoms with Crippen molar-refractivity contribution >= 4 is 11.5 Å². The van der Waals surface area contributed by atoms with Crippen molar-refractivity contribution in [1.29, 1.82) is 0 Å². The Bertz CT molecular complexity index is 384. The third-order valence-electron chi connectivity index (χ3n) is 2.01. The Labute approximate surface area is 93.8 Å². The molecule has 0 spiro atoms. The molecular formula is C12H14O4. The average molecular weight is 222 g/mol. The van der Waals surface area contributed by atoms with Crippen molar-refractivity contribution in [2.75, 3.05) is 13.2 Å². The number of phenols is 1. The number of ether oxygens (including phenoxy) is 1. The van der Waals surface area contributed by atoms with Crippen LogP contribution >= 0.6 is 0 Å². The molecule has 1 aromatic carbocycles. The molecule has 0 radical (unpaired) electrons. The fraction of sp³-hybridized carbons (Fsp3) is 0.250. The minimum Gasteiger partial charge on any atom is -0.507 e. The van der Waals surface area contributed by atoms with E-state index in [0.29, 0.717) is 12.0 Å². The molecule has 0 bridgehead atoms. The number of aromatic hydroxyl groups is 1. The Morgan fingerprint density at radius 3 is 2.69 bits per heavy atom. The summed E-state index contributed by atoms with van der Waals surface area (Å²) in [6.07, 6.45) is 0.389. The second kappa shape index (κ2) is 5.92. The number of aliphatic hydroxyl groups is 1. The molecule has 0 fully saturated rings. The van der Waals surface area contributed by atoms with E-state index in [2.05, 4.69) is 6.58 Å². The molecule has 2 N–H and O–H groups in total. The molecule has 0 aromatic heterocycles. The smallest absolute Gasteiger partial charge is 0.338 e. The van der Waals surface area contributed by atoms with Gasteiger partial charge in [-0.25, -0.2) is 4.79 Å². The van der Waals surface area contributed by atoms with Gasteiger partial charge in [0.1, 0.15) is 5.75 Å². The molecule has 0 amide bonds. The lowest BCUT2D eigenvalue weighted by molar-refractivity contribution is -0.136. The van der Waals surface area contributed by atoms with Gasteiger partial charge in [0, 0.05) is 18.6 Å². The van der Waals surface area contributed by atoms with E-state index < -0.39 is 5.97 Å². The van der Waals surface area contributed by atoms with Gasteiger partial charge in [0.2, 0.25) is 0 Å². The Morgan fingerprint density at radius 2 is 2.06 bits per heavy atom. The van der Waals surface area contributed by atoms with Gasteiger partial charge in [0.15, 0.2) is 0 Å². The first kappa shape index (κ1) is 12.3. The van der Waals surface area contributed by atoms with Gasteiger partial charge in [0.05, 0.1) is 12.2 Å². The van der Waals surface area contributed by atoms with Crippen LogP contribution in [0.1, 0.15) is 12.0 Å². The molecule has 0 heterocycles. The zero-order valence-corrected chi connectivity index (χ0v) is 8.85. The lowest BCUT2D eigenvalue weighted by Gasteiger charge is -2.07. The van der Waals surface area contributed by atoms with Crippen LogP contribution in [0.2, 0.25) is 0 Å². The van der Waals surface area contributed by atoms with E-state index in [1.165, 1.54) is 6.07 Å². The highest BCUT2D eigenvalue weighted by Gasteiger charge is 2.13. The van der Waals surface area contributed by atoms with Gasteiger partial charge in [-0.15, -0.1) is 0 Å². The standard InChI is InChI=1S/C12H14O4/c1-9(12(15)16-8-4-7-13)10-5-2-3-6-11(10)14/h2-3,5-6,13-14H,1,4,7-8H2. The van der Waals surface area contributed by atoms with Crippen molar-refractivity contribution in [2.45, 2.75) is 6.42 Å². The molecule has 0 saturated heterocycles. The van der Waals surface area contributed by atoms with Crippen LogP contribution in [0, 0.1) is 0 Å². The normalized spacial score (nSPS) is 9.81. The van der Waals surface area contributed by atoms with Crippen molar-refractivity contribution < 1.29 is 19.7 Å². The van der Waals surface area contributed by atoms with Crippen molar-refractivity contribution in [3.63, 3.8) is 0 Å². The first-order chi connectivity index (χ1) is 7.66. The van der Waals surface area contributed by atoms with Crippen molar-refractivity contribution in [1.82, 2.24) is 0 Å². The molecule has 0 aliphatic rings. The van der Waals surface area contributed by atoms with Gasteiger partial charge >= 0.3 is 5.97 Å². The molecular weight excluding hydrogens is 208 g/mol. The summed E-state index contributed by atoms with van der Waals surface area (Å²) in [5.41, 5.74) is 0.465. The Morgan fingerprint density at radius 1 is 1.38 bits per heavy atom. The highest BCUT2D eigenvalue weighted by atomic mass is 16.5. The number of hydrogen-bond acceptors (Lipinski definition) is 4. The fourth-order valence-corrected chi connectivity index (χ4v) is 1.16. The molecule has 1 rings (SSSR count). The molecule has 1 aromatic rings. The first-order valence-corrected chi connectivity index (χ1v) is 4.92. The second-order valence-corrected chi connectivity index (χ2v) is 3.21. The van der Waals surface area contributed by atoms with Crippen LogP contribution in [0.3, 0.4) is 0 Å². The summed E-state index contributed by atoms with van der Waals surface area (Å²) in [7, 11) is 0. The third kappa shape index (κ3) is 3.10. The summed E-state index contributed by atoms with van der Waals surface area (Å²) in [5.74, 6) is -0.596. The number of para-hydroxylation sites is 1. The summed E-state index contributed by atoms with van der Waals surface area (Å²) in [6.45, 7) is 3.68. The Hall–Kier alpha value is -1.81. The van der Waals surface area contributed by atoms with Gasteiger partial charge in [0.25, 0.3) is 0 Å². The average Bonchev–Trinajstić information content (AvgIpc) is 2.29. The number of phenolic OH excluding ortho intramolecular Hbond substituents is 1. The number of benzene rings is 1. The van der Waals surface area contributed by atoms with Crippen LogP contribution in [-0.4, -0.2) is 29.4 Å². The maximum absolute atomic E-state index is 11.5. The monoisotopic (exact) mass is 222 g/mol. The zero-order valence-electron chi connectivity index (χ0n) is 8.85. The summed E-state index contributed by atoms with van der Waals surface area (Å²) in [5, 5.41) is 18.0. The molecule has 16 heavy (non-hydrogen) atoms. The number of carbonyl (C=O) groups is 1. The summed E-state index contributed by atoms with van der Waals surface area (Å²) in [6, 6.07) is 6.41. The topological polar surface area (TPSA) is 66.8 Å². The van der Waals surface area contributed by atoms with Gasteiger partial charge in [-0.05, 0) is 6.07 Å². The summed E-state index contributed by atoms with van der Waals surface area (Å²) in [4.78, 5) is 11.5. The number of esters is 1. The number of carbonyl (C=O) groups excluding carboxylic acids is 1. The lowest BCUT2D eigenvalue weighted by Crippen LogP contribution is -2.08. The maximum Gasteiger partial charge on any atom is 0.338 e. The molecule has 0 unspecified atom stereocenters. The minimum absolute atomic E-state index is 0.00777. The number of hydrogen-bond donors (Lipinski definition) is 2. The summed E-state index contributed by atoms with van der Waals surface area (Å²) >= 11 is 0. The first-order valence-electron chi connectivity index (χ1n) is 4.92. The molecule has 86 valence electrons. The van der Waals surface area contributed by atoms with E-state index in [9.17, 15) is 9.90 Å². The van der Waals surface area contributed by atoms with E-state index >= 15 is 0 Å². The molecule has 4 nitrogen and oxygen atoms in total. The van der Waals surface area contributed by atoms with Gasteiger partial charge in [-0.3, -0.25) is 0 Å². The van der Waals surface area contributed by atoms with Crippen LogP contribution in [0.25, 0.3) is 5.57 Å². The number of rotatable bonds is 5. The van der Waals surface area contributed by atoms with Crippen LogP contribution < -0.4 is 0 Å². The lowest BCUT2D eigenvalue weighted by atomic mass is 10.1. The molecule has 4 heteroatoms. The van der Waals surface area contributed by atoms with Crippen molar-refractivity contribution in [2.24, 2.45) is 0 Å². The van der Waals surface area contributed by atoms with Crippen LogP contribution in [-0.2, 0) is 9.53 Å². The molecule has 0 aliphatic carbocycles. The van der Waals surface area contributed by atoms with Crippen LogP contribution in [0.15, 0.2) is 30.8 Å². The highest BCUT2D eigenvalue weighted by molar-refractivity contribution is 6.16. The van der Waals surface area contributed by atoms with Crippen LogP contribution in [0.5, 0.6) is 5.75 Å². The SMILES string of the molecule is C=C(C(=O)OCCCO)c1ccccc1O. The Balaban J connectivity index is 2.64. The molecule has 0 saturated carbocycles. The van der Waals surface area contributed by atoms with Gasteiger partial charge < -0.3 is 14.9 Å². The van der Waals surface area contributed by atoms with E-state index in [1.54, 1.807) is 18.2 Å². The van der Waals surface area contributed by atoms with Crippen molar-refractivity contribution in [3.05, 3.63) is 36.4 Å². The summed E-state index contributed by atoms with van der Waals surface area (Å²) < 4.78 is 4.84. The van der Waals surface area contributed by atoms with E-state index in [0.717, 1.165) is 0 Å². The number of aliphatic hydroxyl groups excluding tert-OH is 1. The second-order valence-electron chi connectivity index (χ2n) is 3.21. The van der Waals surface area contributed by atoms with E-state index in [-0.39, 0.29) is 24.5 Å². The Kier molecular flexibility index (Phi) is 4.54. The molecule has 0 atom stereocenters. The fourth-order valence-electron chi connectivity index (χ4n) is 1.16. The quantitative estimate of drug-likeness (QED) is 0.448. The highest BCUT2D eigenvalue weighted by Crippen LogP contribution is 2.23. The zero-order chi connectivity index (χ0) is 12.0. The molecule has 0 aliphatic heterocycles. The van der Waals surface area contributed by atoms with E-state index in [4.69, 9.17) is 9.84 Å². The third-order valence-corrected chi connectivity index (χ3v) is 2.01. The largest absolute Gasteiger partial charge is 0.507 e. The predicted octanol–water partition coefficient (Wildman–Crippen LogP) is 1.33. The van der Waals surface area contributed by atoms with E-state index in [1.807, 2.05) is 0 Å². The van der Waals surface area contributed by atoms with Crippen molar-refractivity contribution in [3.8, 4) is 5.75 Å². The minimum atomic E-state index is -0.588. The maximum atomic E-state index is 11.5.